The first-order chi connectivity index (χ1) is 9.29. The second kappa shape index (κ2) is 4.83. The van der Waals surface area contributed by atoms with Gasteiger partial charge in [0.15, 0.2) is 0 Å². The van der Waals surface area contributed by atoms with Crippen LogP contribution in [0.1, 0.15) is 15.9 Å². The zero-order chi connectivity index (χ0) is 14.9. The Morgan fingerprint density at radius 3 is 2.65 bits per heavy atom. The van der Waals surface area contributed by atoms with Crippen molar-refractivity contribution in [3.05, 3.63) is 35.7 Å². The number of nitrogens with zero attached hydrogens (tertiary/aromatic N) is 3. The molecule has 1 heterocycles. The number of benzene rings is 1. The molecular formula is C11H10F3N5O. The summed E-state index contributed by atoms with van der Waals surface area (Å²) >= 11 is 0. The van der Waals surface area contributed by atoms with E-state index in [9.17, 15) is 18.0 Å². The fourth-order valence-electron chi connectivity index (χ4n) is 1.51. The molecule has 0 spiro atoms. The summed E-state index contributed by atoms with van der Waals surface area (Å²) in [5, 5.41) is 6.05. The lowest BCUT2D eigenvalue weighted by molar-refractivity contribution is -0.137. The second-order valence-electron chi connectivity index (χ2n) is 3.96. The van der Waals surface area contributed by atoms with Crippen molar-refractivity contribution in [2.75, 3.05) is 11.1 Å². The molecule has 0 bridgehead atoms. The Hall–Kier alpha value is -2.58. The van der Waals surface area contributed by atoms with Crippen molar-refractivity contribution >= 4 is 17.5 Å². The molecule has 0 saturated carbocycles. The Balaban J connectivity index is 2.32. The second-order valence-corrected chi connectivity index (χ2v) is 3.96. The molecule has 0 atom stereocenters. The molecule has 6 nitrogen and oxygen atoms in total. The molecule has 3 N–H and O–H groups in total. The van der Waals surface area contributed by atoms with Crippen LogP contribution >= 0.6 is 0 Å². The number of aryl methyl sites for hydroxylation is 1. The first-order valence-electron chi connectivity index (χ1n) is 5.41. The monoisotopic (exact) mass is 285 g/mol. The fourth-order valence-corrected chi connectivity index (χ4v) is 1.51. The van der Waals surface area contributed by atoms with Crippen molar-refractivity contribution < 1.29 is 18.0 Å². The molecule has 0 unspecified atom stereocenters. The van der Waals surface area contributed by atoms with Crippen molar-refractivity contribution in [3.8, 4) is 0 Å². The molecule has 2 rings (SSSR count). The number of hydrogen-bond acceptors (Lipinski definition) is 4. The van der Waals surface area contributed by atoms with Gasteiger partial charge in [-0.25, -0.2) is 4.68 Å². The summed E-state index contributed by atoms with van der Waals surface area (Å²) in [6.45, 7) is 0. The highest BCUT2D eigenvalue weighted by atomic mass is 19.4. The standard InChI is InChI=1S/C11H10F3N5O/c1-19-10(16-5-17-19)18-9(20)7-4-6(11(12,13)14)2-3-8(7)15/h2-5H,15H2,1H3,(H,16,17,18,20). The van der Waals surface area contributed by atoms with Crippen LogP contribution in [0.15, 0.2) is 24.5 Å². The van der Waals surface area contributed by atoms with Gasteiger partial charge in [-0.3, -0.25) is 10.1 Å². The van der Waals surface area contributed by atoms with Crippen LogP contribution in [0.2, 0.25) is 0 Å². The smallest absolute Gasteiger partial charge is 0.398 e. The summed E-state index contributed by atoms with van der Waals surface area (Å²) in [5.41, 5.74) is 4.25. The van der Waals surface area contributed by atoms with Crippen molar-refractivity contribution in [1.29, 1.82) is 0 Å². The number of carbonyl (C=O) groups is 1. The summed E-state index contributed by atoms with van der Waals surface area (Å²) in [7, 11) is 1.53. The van der Waals surface area contributed by atoms with Gasteiger partial charge in [0.2, 0.25) is 5.95 Å². The first-order valence-corrected chi connectivity index (χ1v) is 5.41. The van der Waals surface area contributed by atoms with Crippen molar-refractivity contribution in [2.45, 2.75) is 6.18 Å². The maximum Gasteiger partial charge on any atom is 0.416 e. The Morgan fingerprint density at radius 2 is 2.10 bits per heavy atom. The van der Waals surface area contributed by atoms with Gasteiger partial charge in [-0.05, 0) is 18.2 Å². The Labute approximate surface area is 111 Å². The molecule has 0 aliphatic rings. The lowest BCUT2D eigenvalue weighted by Crippen LogP contribution is -2.18. The molecule has 9 heteroatoms. The van der Waals surface area contributed by atoms with E-state index in [1.165, 1.54) is 18.1 Å². The number of nitrogen functional groups attached to an aromatic ring is 1. The molecule has 0 fully saturated rings. The van der Waals surface area contributed by atoms with Gasteiger partial charge in [0.05, 0.1) is 11.1 Å². The number of hydrogen-bond donors (Lipinski definition) is 2. The zero-order valence-electron chi connectivity index (χ0n) is 10.3. The largest absolute Gasteiger partial charge is 0.416 e. The quantitative estimate of drug-likeness (QED) is 0.822. The Morgan fingerprint density at radius 1 is 1.40 bits per heavy atom. The third-order valence-electron chi connectivity index (χ3n) is 2.56. The number of nitrogens with two attached hydrogens (primary N) is 1. The molecule has 0 aliphatic heterocycles. The summed E-state index contributed by atoms with van der Waals surface area (Å²) < 4.78 is 39.1. The summed E-state index contributed by atoms with van der Waals surface area (Å²) in [6.07, 6.45) is -3.35. The highest BCUT2D eigenvalue weighted by Gasteiger charge is 2.31. The molecule has 0 aliphatic carbocycles. The van der Waals surface area contributed by atoms with Crippen LogP contribution in [0.4, 0.5) is 24.8 Å². The molecule has 1 amide bonds. The number of aromatic nitrogens is 3. The molecule has 2 aromatic rings. The average molecular weight is 285 g/mol. The van der Waals surface area contributed by atoms with E-state index in [2.05, 4.69) is 15.4 Å². The maximum absolute atomic E-state index is 12.6. The van der Waals surface area contributed by atoms with E-state index in [-0.39, 0.29) is 17.2 Å². The third kappa shape index (κ3) is 2.71. The predicted molar refractivity (Wildman–Crippen MR) is 64.8 cm³/mol. The predicted octanol–water partition coefficient (Wildman–Crippen LogP) is 1.67. The number of anilines is 2. The number of amides is 1. The minimum atomic E-state index is -4.55. The van der Waals surface area contributed by atoms with Gasteiger partial charge in [0.25, 0.3) is 5.91 Å². The van der Waals surface area contributed by atoms with E-state index in [0.29, 0.717) is 6.07 Å². The van der Waals surface area contributed by atoms with Crippen LogP contribution in [0.5, 0.6) is 0 Å². The molecule has 0 radical (unpaired) electrons. The van der Waals surface area contributed by atoms with E-state index < -0.39 is 17.6 Å². The number of carbonyl (C=O) groups excluding carboxylic acids is 1. The topological polar surface area (TPSA) is 85.8 Å². The molecular weight excluding hydrogens is 275 g/mol. The van der Waals surface area contributed by atoms with E-state index in [4.69, 9.17) is 5.73 Å². The van der Waals surface area contributed by atoms with Gasteiger partial charge in [-0.1, -0.05) is 0 Å². The maximum atomic E-state index is 12.6. The minimum Gasteiger partial charge on any atom is -0.398 e. The lowest BCUT2D eigenvalue weighted by atomic mass is 10.1. The van der Waals surface area contributed by atoms with E-state index >= 15 is 0 Å². The van der Waals surface area contributed by atoms with Crippen molar-refractivity contribution in [3.63, 3.8) is 0 Å². The van der Waals surface area contributed by atoms with Gasteiger partial charge in [0.1, 0.15) is 6.33 Å². The SMILES string of the molecule is Cn1ncnc1NC(=O)c1cc(C(F)(F)F)ccc1N. The van der Waals surface area contributed by atoms with Gasteiger partial charge in [-0.2, -0.15) is 23.3 Å². The van der Waals surface area contributed by atoms with Gasteiger partial charge >= 0.3 is 6.18 Å². The highest BCUT2D eigenvalue weighted by Crippen LogP contribution is 2.31. The summed E-state index contributed by atoms with van der Waals surface area (Å²) in [5.74, 6) is -0.684. The average Bonchev–Trinajstić information content (AvgIpc) is 2.74. The van der Waals surface area contributed by atoms with Crippen LogP contribution in [-0.4, -0.2) is 20.7 Å². The molecule has 106 valence electrons. The zero-order valence-corrected chi connectivity index (χ0v) is 10.3. The Kier molecular flexibility index (Phi) is 3.35. The van der Waals surface area contributed by atoms with Crippen LogP contribution in [0.3, 0.4) is 0 Å². The van der Waals surface area contributed by atoms with Crippen LogP contribution in [0.25, 0.3) is 0 Å². The van der Waals surface area contributed by atoms with Crippen LogP contribution < -0.4 is 11.1 Å². The first kappa shape index (κ1) is 13.8. The van der Waals surface area contributed by atoms with E-state index in [1.807, 2.05) is 0 Å². The molecule has 0 saturated heterocycles. The fraction of sp³-hybridized carbons (Fsp3) is 0.182. The molecule has 1 aromatic carbocycles. The van der Waals surface area contributed by atoms with Crippen LogP contribution in [0, 0.1) is 0 Å². The lowest BCUT2D eigenvalue weighted by Gasteiger charge is -2.11. The third-order valence-corrected chi connectivity index (χ3v) is 2.56. The van der Waals surface area contributed by atoms with Gasteiger partial charge < -0.3 is 5.73 Å². The van der Waals surface area contributed by atoms with Crippen molar-refractivity contribution in [2.24, 2.45) is 7.05 Å². The molecule has 1 aromatic heterocycles. The highest BCUT2D eigenvalue weighted by molar-refractivity contribution is 6.07. The van der Waals surface area contributed by atoms with Crippen LogP contribution in [-0.2, 0) is 13.2 Å². The molecule has 20 heavy (non-hydrogen) atoms. The van der Waals surface area contributed by atoms with Gasteiger partial charge in [0, 0.05) is 12.7 Å². The number of alkyl halides is 3. The summed E-state index contributed by atoms with van der Waals surface area (Å²) in [4.78, 5) is 15.7. The number of halogens is 3. The number of rotatable bonds is 2. The van der Waals surface area contributed by atoms with E-state index in [1.54, 1.807) is 0 Å². The van der Waals surface area contributed by atoms with Gasteiger partial charge in [-0.15, -0.1) is 0 Å². The normalized spacial score (nSPS) is 11.4. The number of nitrogens with one attached hydrogen (secondary N) is 1. The summed E-state index contributed by atoms with van der Waals surface area (Å²) in [6, 6.07) is 2.55. The minimum absolute atomic E-state index is 0.0577. The van der Waals surface area contributed by atoms with E-state index in [0.717, 1.165) is 12.1 Å². The Bertz CT molecular complexity index is 650. The van der Waals surface area contributed by atoms with Crippen molar-refractivity contribution in [1.82, 2.24) is 14.8 Å².